The van der Waals surface area contributed by atoms with Crippen LogP contribution in [0.5, 0.6) is 0 Å². The lowest BCUT2D eigenvalue weighted by Crippen LogP contribution is -2.43. The maximum absolute atomic E-state index is 9.34. The fourth-order valence-corrected chi connectivity index (χ4v) is 3.94. The average Bonchev–Trinajstić information content (AvgIpc) is 3.12. The third kappa shape index (κ3) is 4.93. The topological polar surface area (TPSA) is 78.6 Å². The summed E-state index contributed by atoms with van der Waals surface area (Å²) < 4.78 is 2.00. The molecule has 2 N–H and O–H groups in total. The Bertz CT molecular complexity index is 998. The molecule has 0 spiro atoms. The van der Waals surface area contributed by atoms with Crippen molar-refractivity contribution in [3.63, 3.8) is 0 Å². The summed E-state index contributed by atoms with van der Waals surface area (Å²) >= 11 is 0. The predicted molar refractivity (Wildman–Crippen MR) is 118 cm³/mol. The standard InChI is InChI=1S/C23H30N6/c1-5-8-18(15-23(3,4)26-6-2)27-22-25-13-11-21(28-22)29-14-12-19-17(16-24)9-7-10-20(19)29/h7,9-14,18,26H,5-6,8,15H2,1-4H3,(H,25,27,28). The van der Waals surface area contributed by atoms with Gasteiger partial charge in [0.05, 0.1) is 17.1 Å². The third-order valence-corrected chi connectivity index (χ3v) is 5.12. The van der Waals surface area contributed by atoms with Crippen LogP contribution < -0.4 is 10.6 Å². The van der Waals surface area contributed by atoms with Gasteiger partial charge in [-0.15, -0.1) is 0 Å². The van der Waals surface area contributed by atoms with Crippen LogP contribution in [0.15, 0.2) is 42.7 Å². The molecule has 0 aliphatic rings. The second-order valence-corrected chi connectivity index (χ2v) is 8.02. The van der Waals surface area contributed by atoms with Gasteiger partial charge in [-0.1, -0.05) is 26.3 Å². The van der Waals surface area contributed by atoms with E-state index in [-0.39, 0.29) is 11.6 Å². The summed E-state index contributed by atoms with van der Waals surface area (Å²) in [6.45, 7) is 9.75. The van der Waals surface area contributed by atoms with Crippen molar-refractivity contribution in [1.29, 1.82) is 5.26 Å². The molecule has 3 aromatic rings. The van der Waals surface area contributed by atoms with E-state index in [0.29, 0.717) is 11.5 Å². The van der Waals surface area contributed by atoms with Crippen molar-refractivity contribution in [2.24, 2.45) is 0 Å². The minimum absolute atomic E-state index is 0.0452. The molecule has 6 heteroatoms. The maximum atomic E-state index is 9.34. The molecular weight excluding hydrogens is 360 g/mol. The number of nitrogens with one attached hydrogen (secondary N) is 2. The molecule has 0 saturated carbocycles. The van der Waals surface area contributed by atoms with Crippen LogP contribution in [0.3, 0.4) is 0 Å². The van der Waals surface area contributed by atoms with Crippen LogP contribution in [0, 0.1) is 11.3 Å². The first-order valence-corrected chi connectivity index (χ1v) is 10.3. The second-order valence-electron chi connectivity index (χ2n) is 8.02. The monoisotopic (exact) mass is 390 g/mol. The lowest BCUT2D eigenvalue weighted by molar-refractivity contribution is 0.341. The van der Waals surface area contributed by atoms with Crippen LogP contribution in [-0.4, -0.2) is 32.7 Å². The van der Waals surface area contributed by atoms with E-state index in [1.54, 1.807) is 6.20 Å². The third-order valence-electron chi connectivity index (χ3n) is 5.12. The van der Waals surface area contributed by atoms with Gasteiger partial charge in [0, 0.05) is 29.4 Å². The highest BCUT2D eigenvalue weighted by Crippen LogP contribution is 2.23. The number of fused-ring (bicyclic) bond motifs is 1. The summed E-state index contributed by atoms with van der Waals surface area (Å²) in [7, 11) is 0. The van der Waals surface area contributed by atoms with Gasteiger partial charge in [-0.25, -0.2) is 4.98 Å². The van der Waals surface area contributed by atoms with Crippen molar-refractivity contribution in [2.75, 3.05) is 11.9 Å². The minimum atomic E-state index is 0.0452. The van der Waals surface area contributed by atoms with E-state index >= 15 is 0 Å². The van der Waals surface area contributed by atoms with Crippen LogP contribution in [0.2, 0.25) is 0 Å². The van der Waals surface area contributed by atoms with Crippen molar-refractivity contribution < 1.29 is 0 Å². The molecule has 3 rings (SSSR count). The largest absolute Gasteiger partial charge is 0.351 e. The van der Waals surface area contributed by atoms with Gasteiger partial charge >= 0.3 is 0 Å². The number of nitriles is 1. The van der Waals surface area contributed by atoms with Gasteiger partial charge < -0.3 is 15.2 Å². The fraction of sp³-hybridized carbons (Fsp3) is 0.435. The number of nitrogens with zero attached hydrogens (tertiary/aromatic N) is 4. The van der Waals surface area contributed by atoms with Crippen molar-refractivity contribution in [1.82, 2.24) is 19.9 Å². The first-order valence-electron chi connectivity index (χ1n) is 10.3. The highest BCUT2D eigenvalue weighted by molar-refractivity contribution is 5.87. The Hall–Kier alpha value is -2.91. The number of anilines is 1. The molecule has 29 heavy (non-hydrogen) atoms. The van der Waals surface area contributed by atoms with E-state index in [4.69, 9.17) is 4.98 Å². The molecule has 1 atom stereocenters. The van der Waals surface area contributed by atoms with E-state index in [0.717, 1.165) is 42.5 Å². The molecule has 0 aliphatic carbocycles. The molecule has 6 nitrogen and oxygen atoms in total. The van der Waals surface area contributed by atoms with Crippen LogP contribution in [0.4, 0.5) is 5.95 Å². The zero-order chi connectivity index (χ0) is 20.9. The van der Waals surface area contributed by atoms with E-state index in [9.17, 15) is 5.26 Å². The number of hydrogen-bond acceptors (Lipinski definition) is 5. The summed E-state index contributed by atoms with van der Waals surface area (Å²) in [6, 6.07) is 12.1. The molecule has 0 saturated heterocycles. The van der Waals surface area contributed by atoms with Gasteiger partial charge in [-0.3, -0.25) is 0 Å². The molecule has 0 aliphatic heterocycles. The van der Waals surface area contributed by atoms with Crippen LogP contribution in [0.25, 0.3) is 16.7 Å². The SMILES string of the molecule is CCCC(CC(C)(C)NCC)Nc1nccc(-n2ccc3c(C#N)cccc32)n1. The summed E-state index contributed by atoms with van der Waals surface area (Å²) in [5.41, 5.74) is 1.68. The Balaban J connectivity index is 1.87. The van der Waals surface area contributed by atoms with Gasteiger partial charge in [-0.2, -0.15) is 10.2 Å². The molecule has 152 valence electrons. The zero-order valence-electron chi connectivity index (χ0n) is 17.7. The molecule has 2 aromatic heterocycles. The molecule has 0 radical (unpaired) electrons. The number of aromatic nitrogens is 3. The molecule has 1 aromatic carbocycles. The van der Waals surface area contributed by atoms with Gasteiger partial charge in [0.2, 0.25) is 5.95 Å². The van der Waals surface area contributed by atoms with Crippen molar-refractivity contribution in [3.05, 3.63) is 48.3 Å². The Morgan fingerprint density at radius 3 is 2.76 bits per heavy atom. The van der Waals surface area contributed by atoms with Crippen LogP contribution in [0.1, 0.15) is 52.5 Å². The van der Waals surface area contributed by atoms with Crippen LogP contribution in [-0.2, 0) is 0 Å². The average molecular weight is 391 g/mol. The van der Waals surface area contributed by atoms with Crippen LogP contribution >= 0.6 is 0 Å². The number of benzene rings is 1. The summed E-state index contributed by atoms with van der Waals surface area (Å²) in [5.74, 6) is 1.42. The Morgan fingerprint density at radius 1 is 1.21 bits per heavy atom. The van der Waals surface area contributed by atoms with E-state index in [1.807, 2.05) is 41.1 Å². The second kappa shape index (κ2) is 9.06. The quantitative estimate of drug-likeness (QED) is 0.556. The highest BCUT2D eigenvalue weighted by atomic mass is 15.2. The van der Waals surface area contributed by atoms with E-state index < -0.39 is 0 Å². The van der Waals surface area contributed by atoms with Gasteiger partial charge in [0.25, 0.3) is 0 Å². The molecule has 1 unspecified atom stereocenters. The normalized spacial score (nSPS) is 12.7. The molecule has 0 amide bonds. The zero-order valence-corrected chi connectivity index (χ0v) is 17.7. The van der Waals surface area contributed by atoms with Crippen molar-refractivity contribution >= 4 is 16.9 Å². The summed E-state index contributed by atoms with van der Waals surface area (Å²) in [5, 5.41) is 17.4. The highest BCUT2D eigenvalue weighted by Gasteiger charge is 2.22. The lowest BCUT2D eigenvalue weighted by atomic mass is 9.93. The minimum Gasteiger partial charge on any atom is -0.351 e. The summed E-state index contributed by atoms with van der Waals surface area (Å²) in [6.07, 6.45) is 6.87. The predicted octanol–water partition coefficient (Wildman–Crippen LogP) is 4.65. The Morgan fingerprint density at radius 2 is 2.03 bits per heavy atom. The smallest absolute Gasteiger partial charge is 0.224 e. The van der Waals surface area contributed by atoms with Crippen molar-refractivity contribution in [3.8, 4) is 11.9 Å². The Labute approximate surface area is 173 Å². The fourth-order valence-electron chi connectivity index (χ4n) is 3.94. The summed E-state index contributed by atoms with van der Waals surface area (Å²) in [4.78, 5) is 9.21. The molecule has 0 bridgehead atoms. The lowest BCUT2D eigenvalue weighted by Gasteiger charge is -2.31. The number of hydrogen-bond donors (Lipinski definition) is 2. The van der Waals surface area contributed by atoms with E-state index in [1.165, 1.54) is 0 Å². The molecule has 0 fully saturated rings. The van der Waals surface area contributed by atoms with Gasteiger partial charge in [-0.05, 0) is 57.5 Å². The number of rotatable bonds is 9. The van der Waals surface area contributed by atoms with E-state index in [2.05, 4.69) is 49.4 Å². The van der Waals surface area contributed by atoms with Gasteiger partial charge in [0.1, 0.15) is 5.82 Å². The molecule has 2 heterocycles. The van der Waals surface area contributed by atoms with Crippen molar-refractivity contribution in [2.45, 2.75) is 58.5 Å². The Kier molecular flexibility index (Phi) is 6.50. The molecular formula is C23H30N6. The van der Waals surface area contributed by atoms with Gasteiger partial charge in [0.15, 0.2) is 0 Å². The maximum Gasteiger partial charge on any atom is 0.224 e. The first kappa shape index (κ1) is 20.8. The first-order chi connectivity index (χ1) is 14.0.